The van der Waals surface area contributed by atoms with Gasteiger partial charge in [-0.15, -0.1) is 5.10 Å². The van der Waals surface area contributed by atoms with Crippen LogP contribution >= 0.6 is 0 Å². The summed E-state index contributed by atoms with van der Waals surface area (Å²) < 4.78 is 12.2. The summed E-state index contributed by atoms with van der Waals surface area (Å²) in [5.74, 6) is 0.147. The molecule has 0 bridgehead atoms. The van der Waals surface area contributed by atoms with E-state index >= 15 is 0 Å². The van der Waals surface area contributed by atoms with E-state index < -0.39 is 5.97 Å². The van der Waals surface area contributed by atoms with Crippen LogP contribution < -0.4 is 9.47 Å². The molecule has 0 aliphatic heterocycles. The minimum atomic E-state index is -1.19. The number of aromatic carboxylic acids is 1. The van der Waals surface area contributed by atoms with Crippen LogP contribution in [0.1, 0.15) is 16.1 Å². The second kappa shape index (κ2) is 6.82. The molecule has 0 saturated carbocycles. The lowest BCUT2D eigenvalue weighted by atomic mass is 10.2. The largest absolute Gasteiger partial charge is 0.497 e. The van der Waals surface area contributed by atoms with E-state index in [0.717, 1.165) is 11.3 Å². The molecular weight excluding hydrogens is 310 g/mol. The van der Waals surface area contributed by atoms with Crippen molar-refractivity contribution < 1.29 is 19.4 Å². The Morgan fingerprint density at radius 1 is 1.08 bits per heavy atom. The van der Waals surface area contributed by atoms with Crippen LogP contribution in [0.3, 0.4) is 0 Å². The van der Waals surface area contributed by atoms with Crippen LogP contribution in [0.15, 0.2) is 54.6 Å². The first-order chi connectivity index (χ1) is 11.7. The fraction of sp³-hybridized carbons (Fsp3) is 0.118. The van der Waals surface area contributed by atoms with Crippen molar-refractivity contribution in [1.82, 2.24) is 15.0 Å². The molecule has 122 valence electrons. The Kier molecular flexibility index (Phi) is 4.42. The zero-order valence-corrected chi connectivity index (χ0v) is 12.9. The van der Waals surface area contributed by atoms with E-state index in [4.69, 9.17) is 9.47 Å². The number of para-hydroxylation sites is 1. The molecule has 0 unspecified atom stereocenters. The lowest BCUT2D eigenvalue weighted by molar-refractivity contribution is 0.0687. The highest BCUT2D eigenvalue weighted by molar-refractivity contribution is 5.87. The molecular formula is C17H15N3O4. The van der Waals surface area contributed by atoms with Crippen LogP contribution in [0.25, 0.3) is 0 Å². The summed E-state index contributed by atoms with van der Waals surface area (Å²) in [4.78, 5) is 11.3. The van der Waals surface area contributed by atoms with Crippen LogP contribution in [0.4, 0.5) is 0 Å². The summed E-state index contributed by atoms with van der Waals surface area (Å²) in [6.07, 6.45) is 0. The molecule has 7 nitrogen and oxygen atoms in total. The fourth-order valence-electron chi connectivity index (χ4n) is 2.15. The monoisotopic (exact) mass is 325 g/mol. The van der Waals surface area contributed by atoms with Gasteiger partial charge in [0, 0.05) is 0 Å². The van der Waals surface area contributed by atoms with Crippen LogP contribution in [-0.2, 0) is 6.54 Å². The molecule has 3 aromatic rings. The van der Waals surface area contributed by atoms with Crippen molar-refractivity contribution in [3.8, 4) is 17.4 Å². The van der Waals surface area contributed by atoms with Gasteiger partial charge in [0.1, 0.15) is 11.5 Å². The third-order valence-electron chi connectivity index (χ3n) is 3.34. The summed E-state index contributed by atoms with van der Waals surface area (Å²) in [5.41, 5.74) is 0.683. The molecule has 0 fully saturated rings. The van der Waals surface area contributed by atoms with Gasteiger partial charge < -0.3 is 14.6 Å². The first-order valence-corrected chi connectivity index (χ1v) is 7.20. The zero-order chi connectivity index (χ0) is 16.9. The number of hydrogen-bond acceptors (Lipinski definition) is 5. The standard InChI is InChI=1S/C17H15N3O4/c1-23-13-9-7-12(8-10-13)11-20-16(15(17(21)22)18-19-20)24-14-5-3-2-4-6-14/h2-10H,11H2,1H3,(H,21,22). The summed E-state index contributed by atoms with van der Waals surface area (Å²) in [5, 5.41) is 16.9. The Morgan fingerprint density at radius 2 is 1.79 bits per heavy atom. The molecule has 1 N–H and O–H groups in total. The van der Waals surface area contributed by atoms with Crippen molar-refractivity contribution in [2.24, 2.45) is 0 Å². The number of benzene rings is 2. The molecule has 0 atom stereocenters. The summed E-state index contributed by atoms with van der Waals surface area (Å²) in [7, 11) is 1.59. The summed E-state index contributed by atoms with van der Waals surface area (Å²) in [6.45, 7) is 0.326. The molecule has 0 amide bonds. The molecule has 0 saturated heterocycles. The van der Waals surface area contributed by atoms with E-state index in [1.807, 2.05) is 30.3 Å². The molecule has 24 heavy (non-hydrogen) atoms. The fourth-order valence-corrected chi connectivity index (χ4v) is 2.15. The predicted molar refractivity (Wildman–Crippen MR) is 85.6 cm³/mol. The highest BCUT2D eigenvalue weighted by Crippen LogP contribution is 2.25. The predicted octanol–water partition coefficient (Wildman–Crippen LogP) is 2.83. The first-order valence-electron chi connectivity index (χ1n) is 7.20. The highest BCUT2D eigenvalue weighted by Gasteiger charge is 2.21. The highest BCUT2D eigenvalue weighted by atomic mass is 16.5. The Bertz CT molecular complexity index is 829. The van der Waals surface area contributed by atoms with Crippen LogP contribution in [0.5, 0.6) is 17.4 Å². The third kappa shape index (κ3) is 3.35. The van der Waals surface area contributed by atoms with Gasteiger partial charge >= 0.3 is 5.97 Å². The van der Waals surface area contributed by atoms with Gasteiger partial charge in [0.25, 0.3) is 5.88 Å². The normalized spacial score (nSPS) is 10.4. The maximum absolute atomic E-state index is 11.3. The van der Waals surface area contributed by atoms with E-state index in [9.17, 15) is 9.90 Å². The smallest absolute Gasteiger partial charge is 0.362 e. The van der Waals surface area contributed by atoms with E-state index in [0.29, 0.717) is 12.3 Å². The number of ether oxygens (including phenoxy) is 2. The van der Waals surface area contributed by atoms with Gasteiger partial charge in [0.15, 0.2) is 0 Å². The van der Waals surface area contributed by atoms with Gasteiger partial charge in [0.2, 0.25) is 5.69 Å². The topological polar surface area (TPSA) is 86.5 Å². The molecule has 3 rings (SSSR count). The van der Waals surface area contributed by atoms with Gasteiger partial charge in [-0.2, -0.15) is 0 Å². The van der Waals surface area contributed by atoms with Crippen molar-refractivity contribution >= 4 is 5.97 Å². The van der Waals surface area contributed by atoms with Crippen molar-refractivity contribution in [1.29, 1.82) is 0 Å². The molecule has 7 heteroatoms. The number of nitrogens with zero attached hydrogens (tertiary/aromatic N) is 3. The Morgan fingerprint density at radius 3 is 2.42 bits per heavy atom. The van der Waals surface area contributed by atoms with E-state index in [1.54, 1.807) is 31.4 Å². The second-order valence-electron chi connectivity index (χ2n) is 4.97. The average Bonchev–Trinajstić information content (AvgIpc) is 2.99. The lowest BCUT2D eigenvalue weighted by Crippen LogP contribution is -2.06. The van der Waals surface area contributed by atoms with Crippen molar-refractivity contribution in [2.45, 2.75) is 6.54 Å². The summed E-state index contributed by atoms with van der Waals surface area (Å²) >= 11 is 0. The lowest BCUT2D eigenvalue weighted by Gasteiger charge is -2.09. The SMILES string of the molecule is COc1ccc(Cn2nnc(C(=O)O)c2Oc2ccccc2)cc1. The minimum Gasteiger partial charge on any atom is -0.497 e. The quantitative estimate of drug-likeness (QED) is 0.750. The van der Waals surface area contributed by atoms with Gasteiger partial charge in [0.05, 0.1) is 13.7 Å². The Labute approximate surface area is 138 Å². The molecule has 2 aromatic carbocycles. The number of hydrogen-bond donors (Lipinski definition) is 1. The van der Waals surface area contributed by atoms with E-state index in [-0.39, 0.29) is 11.6 Å². The van der Waals surface area contributed by atoms with Gasteiger partial charge in [-0.1, -0.05) is 35.5 Å². The number of methoxy groups -OCH3 is 1. The maximum atomic E-state index is 11.3. The maximum Gasteiger partial charge on any atom is 0.362 e. The van der Waals surface area contributed by atoms with Gasteiger partial charge in [-0.05, 0) is 29.8 Å². The van der Waals surface area contributed by atoms with E-state index in [2.05, 4.69) is 10.3 Å². The number of rotatable bonds is 6. The Balaban J connectivity index is 1.90. The Hall–Kier alpha value is -3.35. The number of carboxylic acid groups (broad SMARTS) is 1. The van der Waals surface area contributed by atoms with E-state index in [1.165, 1.54) is 4.68 Å². The van der Waals surface area contributed by atoms with Crippen LogP contribution in [-0.4, -0.2) is 33.2 Å². The molecule has 0 spiro atoms. The second-order valence-corrected chi connectivity index (χ2v) is 4.97. The van der Waals surface area contributed by atoms with Crippen molar-refractivity contribution in [3.63, 3.8) is 0 Å². The van der Waals surface area contributed by atoms with Crippen LogP contribution in [0.2, 0.25) is 0 Å². The first kappa shape index (κ1) is 15.5. The average molecular weight is 325 g/mol. The van der Waals surface area contributed by atoms with Gasteiger partial charge in [-0.3, -0.25) is 0 Å². The molecule has 1 heterocycles. The molecule has 0 aliphatic rings. The zero-order valence-electron chi connectivity index (χ0n) is 12.9. The summed E-state index contributed by atoms with van der Waals surface area (Å²) in [6, 6.07) is 16.3. The molecule has 1 aromatic heterocycles. The van der Waals surface area contributed by atoms with Crippen LogP contribution in [0, 0.1) is 0 Å². The number of carbonyl (C=O) groups is 1. The minimum absolute atomic E-state index is 0.0875. The third-order valence-corrected chi connectivity index (χ3v) is 3.34. The molecule has 0 aliphatic carbocycles. The van der Waals surface area contributed by atoms with Gasteiger partial charge in [-0.25, -0.2) is 9.48 Å². The molecule has 0 radical (unpaired) electrons. The number of aromatic nitrogens is 3. The number of carboxylic acids is 1. The van der Waals surface area contributed by atoms with Crippen molar-refractivity contribution in [2.75, 3.05) is 7.11 Å². The van der Waals surface area contributed by atoms with Crippen molar-refractivity contribution in [3.05, 3.63) is 65.9 Å².